The Kier molecular flexibility index (Phi) is 6.65. The van der Waals surface area contributed by atoms with Gasteiger partial charge in [0, 0.05) is 45.4 Å². The monoisotopic (exact) mass is 385 g/mol. The molecule has 0 bridgehead atoms. The number of ether oxygens (including phenoxy) is 1. The van der Waals surface area contributed by atoms with Crippen molar-refractivity contribution in [2.24, 2.45) is 17.8 Å². The third-order valence-electron chi connectivity index (χ3n) is 6.65. The van der Waals surface area contributed by atoms with E-state index in [1.54, 1.807) is 6.92 Å². The van der Waals surface area contributed by atoms with Crippen LogP contribution < -0.4 is 5.32 Å². The van der Waals surface area contributed by atoms with Crippen molar-refractivity contribution >= 4 is 11.6 Å². The molecule has 5 heteroatoms. The number of anilines is 1. The summed E-state index contributed by atoms with van der Waals surface area (Å²) < 4.78 is 6.00. The van der Waals surface area contributed by atoms with Gasteiger partial charge in [-0.3, -0.25) is 9.69 Å². The zero-order valence-corrected chi connectivity index (χ0v) is 17.2. The smallest absolute Gasteiger partial charge is 0.221 e. The van der Waals surface area contributed by atoms with E-state index in [1.165, 1.54) is 64.0 Å². The molecule has 28 heavy (non-hydrogen) atoms. The molecule has 1 aromatic rings. The summed E-state index contributed by atoms with van der Waals surface area (Å²) in [4.78, 5) is 16.3. The molecule has 0 spiro atoms. The van der Waals surface area contributed by atoms with Crippen LogP contribution in [0.3, 0.4) is 0 Å². The summed E-state index contributed by atoms with van der Waals surface area (Å²) in [7, 11) is 0. The molecule has 2 saturated heterocycles. The first kappa shape index (κ1) is 19.9. The first-order valence-electron chi connectivity index (χ1n) is 11.1. The van der Waals surface area contributed by atoms with Gasteiger partial charge in [0.1, 0.15) is 0 Å². The predicted octanol–water partition coefficient (Wildman–Crippen LogP) is 3.22. The number of hydrogen-bond donors (Lipinski definition) is 1. The number of piperidine rings is 2. The number of amides is 1. The fraction of sp³-hybridized carbons (Fsp3) is 0.696. The van der Waals surface area contributed by atoms with Crippen LogP contribution in [0.25, 0.3) is 0 Å². The van der Waals surface area contributed by atoms with Gasteiger partial charge in [0.25, 0.3) is 0 Å². The van der Waals surface area contributed by atoms with Gasteiger partial charge < -0.3 is 15.0 Å². The Hall–Kier alpha value is -1.43. The van der Waals surface area contributed by atoms with Crippen LogP contribution >= 0.6 is 0 Å². The third kappa shape index (κ3) is 5.34. The molecular weight excluding hydrogens is 350 g/mol. The van der Waals surface area contributed by atoms with Crippen molar-refractivity contribution in [3.05, 3.63) is 29.8 Å². The summed E-state index contributed by atoms with van der Waals surface area (Å²) >= 11 is 0. The second-order valence-electron chi connectivity index (χ2n) is 8.89. The molecule has 1 N–H and O–H groups in total. The summed E-state index contributed by atoms with van der Waals surface area (Å²) in [5, 5.41) is 2.82. The number of nitrogens with zero attached hydrogens (tertiary/aromatic N) is 2. The fourth-order valence-electron chi connectivity index (χ4n) is 5.06. The summed E-state index contributed by atoms with van der Waals surface area (Å²) in [6.45, 7) is 10.7. The number of carbonyl (C=O) groups is 1. The van der Waals surface area contributed by atoms with E-state index in [2.05, 4.69) is 27.2 Å². The number of rotatable bonds is 9. The Morgan fingerprint density at radius 1 is 1.07 bits per heavy atom. The van der Waals surface area contributed by atoms with Crippen molar-refractivity contribution in [3.8, 4) is 0 Å². The maximum Gasteiger partial charge on any atom is 0.221 e. The number of fused-ring (bicyclic) bond motifs is 1. The number of hydrogen-bond acceptors (Lipinski definition) is 4. The highest BCUT2D eigenvalue weighted by Gasteiger charge is 2.55. The van der Waals surface area contributed by atoms with Crippen LogP contribution in [-0.2, 0) is 16.1 Å². The quantitative estimate of drug-likeness (QED) is 0.663. The van der Waals surface area contributed by atoms with Gasteiger partial charge in [-0.05, 0) is 67.8 Å². The fourth-order valence-corrected chi connectivity index (χ4v) is 5.06. The maximum atomic E-state index is 11.1. The standard InChI is InChI=1S/C23H35N3O2/c1-18(27)24-20-8-6-19(7-9-20)14-26-15-21-22(16-26)23(21)17-28-13-5-12-25-10-3-2-4-11-25/h6-9,21-23H,2-5,10-17H2,1H3,(H,24,27)/t21-,22+,23+. The first-order valence-corrected chi connectivity index (χ1v) is 11.1. The molecule has 1 saturated carbocycles. The molecule has 0 aromatic heterocycles. The number of nitrogens with one attached hydrogen (secondary N) is 1. The maximum absolute atomic E-state index is 11.1. The van der Waals surface area contributed by atoms with E-state index in [9.17, 15) is 4.79 Å². The van der Waals surface area contributed by atoms with Crippen molar-refractivity contribution in [3.63, 3.8) is 0 Å². The largest absolute Gasteiger partial charge is 0.381 e. The highest BCUT2D eigenvalue weighted by atomic mass is 16.5. The Morgan fingerprint density at radius 3 is 2.46 bits per heavy atom. The molecule has 4 rings (SSSR count). The summed E-state index contributed by atoms with van der Waals surface area (Å²) in [5.41, 5.74) is 2.19. The molecule has 1 aromatic carbocycles. The molecule has 2 heterocycles. The number of benzene rings is 1. The van der Waals surface area contributed by atoms with E-state index >= 15 is 0 Å². The van der Waals surface area contributed by atoms with Gasteiger partial charge in [-0.2, -0.15) is 0 Å². The van der Waals surface area contributed by atoms with Crippen LogP contribution in [0.2, 0.25) is 0 Å². The van der Waals surface area contributed by atoms with E-state index in [1.807, 2.05) is 12.1 Å². The van der Waals surface area contributed by atoms with Crippen LogP contribution in [0, 0.1) is 17.8 Å². The average Bonchev–Trinajstić information content (AvgIpc) is 3.14. The highest BCUT2D eigenvalue weighted by molar-refractivity contribution is 5.88. The van der Waals surface area contributed by atoms with Gasteiger partial charge in [-0.1, -0.05) is 18.6 Å². The van der Waals surface area contributed by atoms with E-state index in [-0.39, 0.29) is 5.91 Å². The molecule has 154 valence electrons. The van der Waals surface area contributed by atoms with Gasteiger partial charge in [0.15, 0.2) is 0 Å². The van der Waals surface area contributed by atoms with Gasteiger partial charge in [-0.15, -0.1) is 0 Å². The Bertz CT molecular complexity index is 630. The van der Waals surface area contributed by atoms with Crippen molar-refractivity contribution in [1.82, 2.24) is 9.80 Å². The van der Waals surface area contributed by atoms with E-state index in [4.69, 9.17) is 4.74 Å². The number of likely N-dealkylation sites (tertiary alicyclic amines) is 2. The van der Waals surface area contributed by atoms with Gasteiger partial charge >= 0.3 is 0 Å². The molecule has 0 unspecified atom stereocenters. The zero-order valence-electron chi connectivity index (χ0n) is 17.2. The second-order valence-corrected chi connectivity index (χ2v) is 8.89. The Labute approximate surface area is 169 Å². The molecule has 5 nitrogen and oxygen atoms in total. The zero-order chi connectivity index (χ0) is 19.3. The van der Waals surface area contributed by atoms with Crippen LogP contribution in [0.1, 0.15) is 38.2 Å². The molecule has 3 fully saturated rings. The normalized spacial score (nSPS) is 27.5. The minimum Gasteiger partial charge on any atom is -0.381 e. The molecule has 2 aliphatic heterocycles. The lowest BCUT2D eigenvalue weighted by atomic mass is 10.1. The predicted molar refractivity (Wildman–Crippen MR) is 112 cm³/mol. The van der Waals surface area contributed by atoms with Gasteiger partial charge in [0.2, 0.25) is 5.91 Å². The molecule has 1 aliphatic carbocycles. The van der Waals surface area contributed by atoms with Crippen LogP contribution in [0.15, 0.2) is 24.3 Å². The number of carbonyl (C=O) groups excluding carboxylic acids is 1. The lowest BCUT2D eigenvalue weighted by Gasteiger charge is -2.26. The van der Waals surface area contributed by atoms with Gasteiger partial charge in [-0.25, -0.2) is 0 Å². The summed E-state index contributed by atoms with van der Waals surface area (Å²) in [6, 6.07) is 8.23. The molecule has 0 radical (unpaired) electrons. The van der Waals surface area contributed by atoms with E-state index < -0.39 is 0 Å². The topological polar surface area (TPSA) is 44.8 Å². The minimum absolute atomic E-state index is 0.0212. The van der Waals surface area contributed by atoms with Crippen LogP contribution in [0.4, 0.5) is 5.69 Å². The SMILES string of the molecule is CC(=O)Nc1ccc(CN2C[C@@H]3[C@@H](COCCCN4CCCCC4)[C@@H]3C2)cc1. The highest BCUT2D eigenvalue weighted by Crippen LogP contribution is 2.52. The van der Waals surface area contributed by atoms with Crippen molar-refractivity contribution in [1.29, 1.82) is 0 Å². The lowest BCUT2D eigenvalue weighted by Crippen LogP contribution is -2.31. The summed E-state index contributed by atoms with van der Waals surface area (Å²) in [6.07, 6.45) is 5.35. The molecule has 3 aliphatic rings. The minimum atomic E-state index is -0.0212. The van der Waals surface area contributed by atoms with E-state index in [0.717, 1.165) is 43.2 Å². The van der Waals surface area contributed by atoms with Crippen LogP contribution in [-0.4, -0.2) is 61.6 Å². The van der Waals surface area contributed by atoms with Crippen molar-refractivity contribution in [2.75, 3.05) is 51.3 Å². The first-order chi connectivity index (χ1) is 13.7. The lowest BCUT2D eigenvalue weighted by molar-refractivity contribution is -0.114. The summed E-state index contributed by atoms with van der Waals surface area (Å²) in [5.74, 6) is 2.47. The van der Waals surface area contributed by atoms with E-state index in [0.29, 0.717) is 0 Å². The third-order valence-corrected chi connectivity index (χ3v) is 6.65. The van der Waals surface area contributed by atoms with Gasteiger partial charge in [0.05, 0.1) is 6.61 Å². The molecule has 1 amide bonds. The second kappa shape index (κ2) is 9.38. The molecule has 3 atom stereocenters. The van der Waals surface area contributed by atoms with Crippen molar-refractivity contribution < 1.29 is 9.53 Å². The Morgan fingerprint density at radius 2 is 1.79 bits per heavy atom. The van der Waals surface area contributed by atoms with Crippen LogP contribution in [0.5, 0.6) is 0 Å². The molecular formula is C23H35N3O2. The Balaban J connectivity index is 1.08. The average molecular weight is 386 g/mol. The van der Waals surface area contributed by atoms with Crippen molar-refractivity contribution in [2.45, 2.75) is 39.2 Å².